The molecule has 4 unspecified atom stereocenters. The number of esters is 1. The fraction of sp³-hybridized carbons (Fsp3) is 0.167. The molecule has 2 heterocycles. The molecule has 1 aliphatic heterocycles. The van der Waals surface area contributed by atoms with E-state index in [9.17, 15) is 35.1 Å². The Kier molecular flexibility index (Phi) is 7.66. The van der Waals surface area contributed by atoms with Crippen LogP contribution in [0.25, 0.3) is 28.4 Å². The van der Waals surface area contributed by atoms with Crippen molar-refractivity contribution in [2.75, 3.05) is 0 Å². The van der Waals surface area contributed by atoms with E-state index in [1.165, 1.54) is 36.4 Å². The van der Waals surface area contributed by atoms with Gasteiger partial charge in [-0.3, -0.25) is 4.79 Å². The molecule has 211 valence electrons. The van der Waals surface area contributed by atoms with Gasteiger partial charge in [-0.05, 0) is 60.5 Å². The Balaban J connectivity index is 1.28. The normalized spacial score (nSPS) is 20.8. The average Bonchev–Trinajstić information content (AvgIpc) is 2.93. The summed E-state index contributed by atoms with van der Waals surface area (Å²) in [5.41, 5.74) is 1.23. The van der Waals surface area contributed by atoms with Crippen LogP contribution in [0.2, 0.25) is 0 Å². The Morgan fingerprint density at radius 2 is 1.68 bits per heavy atom. The van der Waals surface area contributed by atoms with E-state index in [2.05, 4.69) is 0 Å². The number of aromatic hydroxyl groups is 3. The molecular weight excluding hydrogens is 536 g/mol. The first-order valence-corrected chi connectivity index (χ1v) is 12.4. The van der Waals surface area contributed by atoms with Gasteiger partial charge >= 0.3 is 5.97 Å². The largest absolute Gasteiger partial charge is 0.508 e. The highest BCUT2D eigenvalue weighted by atomic mass is 16.7. The van der Waals surface area contributed by atoms with Gasteiger partial charge in [0, 0.05) is 29.8 Å². The SMILES string of the molecule is Cc1cc(/C=C/C(=O)OC2[CH]OC(Oc3cc(O)c4c(=O)cc(-c5ccc(O)cc5)oc4c3)C(O)C2O)ccc1O. The van der Waals surface area contributed by atoms with Gasteiger partial charge in [0.25, 0.3) is 0 Å². The summed E-state index contributed by atoms with van der Waals surface area (Å²) >= 11 is 0. The van der Waals surface area contributed by atoms with Crippen LogP contribution >= 0.6 is 0 Å². The van der Waals surface area contributed by atoms with E-state index in [0.717, 1.165) is 18.7 Å². The number of hydrogen-bond acceptors (Lipinski definition) is 11. The van der Waals surface area contributed by atoms with Crippen LogP contribution in [0.4, 0.5) is 0 Å². The number of ether oxygens (including phenoxy) is 3. The van der Waals surface area contributed by atoms with Crippen molar-refractivity contribution in [3.8, 4) is 34.3 Å². The summed E-state index contributed by atoms with van der Waals surface area (Å²) in [5, 5.41) is 50.6. The minimum Gasteiger partial charge on any atom is -0.508 e. The Morgan fingerprint density at radius 3 is 2.41 bits per heavy atom. The molecule has 0 spiro atoms. The van der Waals surface area contributed by atoms with Crippen molar-refractivity contribution in [2.45, 2.75) is 31.5 Å². The van der Waals surface area contributed by atoms with Crippen molar-refractivity contribution in [1.82, 2.24) is 0 Å². The number of hydrogen-bond donors (Lipinski definition) is 5. The number of carbonyl (C=O) groups excluding carboxylic acids is 1. The molecular formula is C30H25O11. The van der Waals surface area contributed by atoms with Crippen molar-refractivity contribution < 1.29 is 49.0 Å². The number of rotatable bonds is 6. The number of phenolic OH excluding ortho intramolecular Hbond substituents is 3. The molecule has 0 saturated carbocycles. The summed E-state index contributed by atoms with van der Waals surface area (Å²) in [6.45, 7) is 2.71. The van der Waals surface area contributed by atoms with E-state index < -0.39 is 41.7 Å². The van der Waals surface area contributed by atoms with E-state index in [-0.39, 0.29) is 34.0 Å². The van der Waals surface area contributed by atoms with Gasteiger partial charge in [0.2, 0.25) is 6.29 Å². The topological polar surface area (TPSA) is 176 Å². The number of fused-ring (bicyclic) bond motifs is 1. The zero-order chi connectivity index (χ0) is 29.3. The molecule has 1 aromatic heterocycles. The Labute approximate surface area is 232 Å². The summed E-state index contributed by atoms with van der Waals surface area (Å²) in [6.07, 6.45) is -3.48. The molecule has 11 nitrogen and oxygen atoms in total. The molecule has 41 heavy (non-hydrogen) atoms. The molecule has 0 bridgehead atoms. The van der Waals surface area contributed by atoms with Crippen molar-refractivity contribution in [3.05, 3.63) is 94.7 Å². The molecule has 5 N–H and O–H groups in total. The minimum absolute atomic E-state index is 0.0205. The van der Waals surface area contributed by atoms with Crippen LogP contribution < -0.4 is 10.2 Å². The monoisotopic (exact) mass is 561 g/mol. The van der Waals surface area contributed by atoms with Gasteiger partial charge in [-0.15, -0.1) is 0 Å². The van der Waals surface area contributed by atoms with Gasteiger partial charge in [-0.1, -0.05) is 6.07 Å². The summed E-state index contributed by atoms with van der Waals surface area (Å²) in [6, 6.07) is 14.4. The lowest BCUT2D eigenvalue weighted by molar-refractivity contribution is -0.225. The molecule has 0 amide bonds. The fourth-order valence-electron chi connectivity index (χ4n) is 4.20. The van der Waals surface area contributed by atoms with Gasteiger partial charge in [0.1, 0.15) is 58.5 Å². The first-order chi connectivity index (χ1) is 19.6. The molecule has 4 atom stereocenters. The standard InChI is InChI=1S/C30H25O11/c1-15-10-16(2-8-20(15)32)3-9-26(35)41-25-14-38-30(29(37)28(25)36)39-19-11-21(33)27-22(34)13-23(40-24(27)12-19)17-4-6-18(31)7-5-17/h2-14,25,28-33,36-37H,1H3/b9-3+. The van der Waals surface area contributed by atoms with Crippen LogP contribution in [0, 0.1) is 13.5 Å². The second kappa shape index (κ2) is 11.3. The predicted molar refractivity (Wildman–Crippen MR) is 145 cm³/mol. The number of aryl methyl sites for hydroxylation is 1. The van der Waals surface area contributed by atoms with E-state index in [1.807, 2.05) is 0 Å². The molecule has 4 aromatic rings. The minimum atomic E-state index is -1.67. The predicted octanol–water partition coefficient (Wildman–Crippen LogP) is 3.13. The van der Waals surface area contributed by atoms with Crippen LogP contribution in [-0.4, -0.2) is 56.1 Å². The first kappa shape index (κ1) is 27.7. The number of carbonyl (C=O) groups is 1. The average molecular weight is 562 g/mol. The van der Waals surface area contributed by atoms with Gasteiger partial charge in [0.05, 0.1) is 0 Å². The fourth-order valence-corrected chi connectivity index (χ4v) is 4.20. The molecule has 5 rings (SSSR count). The Bertz CT molecular complexity index is 1670. The lowest BCUT2D eigenvalue weighted by Gasteiger charge is -2.36. The summed E-state index contributed by atoms with van der Waals surface area (Å²) in [7, 11) is 0. The van der Waals surface area contributed by atoms with Crippen molar-refractivity contribution in [3.63, 3.8) is 0 Å². The Morgan fingerprint density at radius 1 is 0.927 bits per heavy atom. The van der Waals surface area contributed by atoms with Gasteiger partial charge in [-0.25, -0.2) is 4.79 Å². The van der Waals surface area contributed by atoms with Gasteiger partial charge < -0.3 is 44.2 Å². The molecule has 1 saturated heterocycles. The zero-order valence-corrected chi connectivity index (χ0v) is 21.5. The molecule has 1 radical (unpaired) electrons. The summed E-state index contributed by atoms with van der Waals surface area (Å²) < 4.78 is 22.0. The van der Waals surface area contributed by atoms with Crippen LogP contribution in [0.3, 0.4) is 0 Å². The van der Waals surface area contributed by atoms with Crippen molar-refractivity contribution >= 4 is 23.0 Å². The van der Waals surface area contributed by atoms with Crippen molar-refractivity contribution in [1.29, 1.82) is 0 Å². The van der Waals surface area contributed by atoms with Crippen LogP contribution in [-0.2, 0) is 14.3 Å². The van der Waals surface area contributed by atoms with Gasteiger partial charge in [-0.2, -0.15) is 0 Å². The van der Waals surface area contributed by atoms with Crippen molar-refractivity contribution in [2.24, 2.45) is 0 Å². The Hall–Kier alpha value is -4.84. The van der Waals surface area contributed by atoms with E-state index in [4.69, 9.17) is 18.6 Å². The van der Waals surface area contributed by atoms with E-state index >= 15 is 0 Å². The highest BCUT2D eigenvalue weighted by Gasteiger charge is 2.42. The summed E-state index contributed by atoms with van der Waals surface area (Å²) in [5.74, 6) is -0.974. The maximum atomic E-state index is 12.7. The lowest BCUT2D eigenvalue weighted by Crippen LogP contribution is -2.54. The number of phenols is 3. The third kappa shape index (κ3) is 6.02. The van der Waals surface area contributed by atoms with Crippen LogP contribution in [0.1, 0.15) is 11.1 Å². The lowest BCUT2D eigenvalue weighted by atomic mass is 10.1. The molecule has 11 heteroatoms. The highest BCUT2D eigenvalue weighted by Crippen LogP contribution is 2.33. The van der Waals surface area contributed by atoms with E-state index in [1.54, 1.807) is 31.2 Å². The second-order valence-electron chi connectivity index (χ2n) is 9.36. The molecule has 1 fully saturated rings. The third-order valence-corrected chi connectivity index (χ3v) is 6.38. The number of benzene rings is 3. The smallest absolute Gasteiger partial charge is 0.331 e. The third-order valence-electron chi connectivity index (χ3n) is 6.38. The zero-order valence-electron chi connectivity index (χ0n) is 21.5. The first-order valence-electron chi connectivity index (χ1n) is 12.4. The highest BCUT2D eigenvalue weighted by molar-refractivity contribution is 5.87. The second-order valence-corrected chi connectivity index (χ2v) is 9.36. The van der Waals surface area contributed by atoms with Crippen LogP contribution in [0.15, 0.2) is 76.0 Å². The van der Waals surface area contributed by atoms with E-state index in [0.29, 0.717) is 16.7 Å². The number of aliphatic hydroxyl groups is 2. The van der Waals surface area contributed by atoms with Crippen LogP contribution in [0.5, 0.6) is 23.0 Å². The maximum absolute atomic E-state index is 12.7. The van der Waals surface area contributed by atoms with Gasteiger partial charge in [0.15, 0.2) is 11.5 Å². The quantitative estimate of drug-likeness (QED) is 0.173. The molecule has 1 aliphatic rings. The molecule has 3 aromatic carbocycles. The number of aliphatic hydroxyl groups excluding tert-OH is 2. The maximum Gasteiger partial charge on any atom is 0.331 e. The molecule has 0 aliphatic carbocycles. The summed E-state index contributed by atoms with van der Waals surface area (Å²) in [4.78, 5) is 24.9.